The van der Waals surface area contributed by atoms with Crippen molar-refractivity contribution in [1.29, 1.82) is 0 Å². The van der Waals surface area contributed by atoms with Crippen molar-refractivity contribution in [1.82, 2.24) is 0 Å². The second kappa shape index (κ2) is 6.20. The van der Waals surface area contributed by atoms with Crippen LogP contribution in [0.25, 0.3) is 0 Å². The number of aryl methyl sites for hydroxylation is 1. The van der Waals surface area contributed by atoms with Gasteiger partial charge in [-0.05, 0) is 42.7 Å². The normalized spacial score (nSPS) is 14.4. The summed E-state index contributed by atoms with van der Waals surface area (Å²) in [4.78, 5) is 9.43. The van der Waals surface area contributed by atoms with E-state index in [1.165, 1.54) is 22.3 Å². The minimum atomic E-state index is 0.807. The molecule has 27 heavy (non-hydrogen) atoms. The maximum Gasteiger partial charge on any atom is 0.129 e. The van der Waals surface area contributed by atoms with Gasteiger partial charge in [0.1, 0.15) is 11.5 Å². The van der Waals surface area contributed by atoms with E-state index in [9.17, 15) is 0 Å². The van der Waals surface area contributed by atoms with Crippen LogP contribution in [-0.4, -0.2) is 11.4 Å². The Bertz CT molecular complexity index is 1120. The molecule has 3 heteroatoms. The number of hydrogen-bond donors (Lipinski definition) is 0. The Balaban J connectivity index is 1.41. The smallest absolute Gasteiger partial charge is 0.129 e. The summed E-state index contributed by atoms with van der Waals surface area (Å²) in [6.45, 7) is 4.17. The van der Waals surface area contributed by atoms with E-state index in [2.05, 4.69) is 55.2 Å². The third-order valence-corrected chi connectivity index (χ3v) is 5.07. The summed E-state index contributed by atoms with van der Waals surface area (Å²) in [7, 11) is 0. The first kappa shape index (κ1) is 16.0. The number of hydrogen-bond acceptors (Lipinski definition) is 3. The van der Waals surface area contributed by atoms with Gasteiger partial charge in [-0.3, -0.25) is 9.98 Å². The second-order valence-corrected chi connectivity index (χ2v) is 7.31. The van der Waals surface area contributed by atoms with Crippen molar-refractivity contribution in [3.05, 3.63) is 82.9 Å². The summed E-state index contributed by atoms with van der Waals surface area (Å²) in [6, 6.07) is 20.8. The van der Waals surface area contributed by atoms with Crippen molar-refractivity contribution in [2.45, 2.75) is 26.7 Å². The van der Waals surface area contributed by atoms with Gasteiger partial charge in [-0.25, -0.2) is 0 Å². The molecule has 0 aliphatic carbocycles. The van der Waals surface area contributed by atoms with Crippen LogP contribution in [0.2, 0.25) is 0 Å². The standard InChI is InChI=1S/C24H20N2O/c1-15-4-3-5-17(10-15)22-12-19-7-9-21(14-24(19)26-22)27-20-8-6-18-11-16(2)25-23(18)13-20/h3-10,13-14H,11-12H2,1-2H3. The highest BCUT2D eigenvalue weighted by Crippen LogP contribution is 2.36. The maximum atomic E-state index is 6.09. The monoisotopic (exact) mass is 352 g/mol. The first-order chi connectivity index (χ1) is 13.1. The predicted octanol–water partition coefficient (Wildman–Crippen LogP) is 6.11. The van der Waals surface area contributed by atoms with E-state index in [0.29, 0.717) is 0 Å². The van der Waals surface area contributed by atoms with Gasteiger partial charge in [0.25, 0.3) is 0 Å². The van der Waals surface area contributed by atoms with Crippen molar-refractivity contribution in [3.63, 3.8) is 0 Å². The number of benzene rings is 3. The van der Waals surface area contributed by atoms with Crippen LogP contribution in [0.1, 0.15) is 29.2 Å². The molecule has 5 rings (SSSR count). The van der Waals surface area contributed by atoms with Gasteiger partial charge in [0.05, 0.1) is 17.1 Å². The van der Waals surface area contributed by atoms with Crippen LogP contribution in [0.15, 0.2) is 70.6 Å². The highest BCUT2D eigenvalue weighted by Gasteiger charge is 2.17. The van der Waals surface area contributed by atoms with Crippen molar-refractivity contribution < 1.29 is 4.74 Å². The molecule has 0 fully saturated rings. The fourth-order valence-corrected chi connectivity index (χ4v) is 3.73. The molecule has 0 unspecified atom stereocenters. The summed E-state index contributed by atoms with van der Waals surface area (Å²) in [6.07, 6.45) is 1.80. The summed E-state index contributed by atoms with van der Waals surface area (Å²) in [5, 5.41) is 0. The molecule has 132 valence electrons. The molecular weight excluding hydrogens is 332 g/mol. The second-order valence-electron chi connectivity index (χ2n) is 7.31. The zero-order chi connectivity index (χ0) is 18.4. The molecule has 0 saturated heterocycles. The van der Waals surface area contributed by atoms with Crippen LogP contribution < -0.4 is 4.74 Å². The summed E-state index contributed by atoms with van der Waals surface area (Å²) in [5.41, 5.74) is 9.25. The van der Waals surface area contributed by atoms with Crippen LogP contribution in [0.3, 0.4) is 0 Å². The molecule has 2 aliphatic heterocycles. The Hall–Kier alpha value is -3.20. The summed E-state index contributed by atoms with van der Waals surface area (Å²) in [5.74, 6) is 1.62. The van der Waals surface area contributed by atoms with E-state index in [0.717, 1.165) is 47.1 Å². The van der Waals surface area contributed by atoms with Gasteiger partial charge in [0.15, 0.2) is 0 Å². The number of aliphatic imine (C=N–C) groups is 2. The molecule has 3 aromatic rings. The fourth-order valence-electron chi connectivity index (χ4n) is 3.73. The predicted molar refractivity (Wildman–Crippen MR) is 111 cm³/mol. The third-order valence-electron chi connectivity index (χ3n) is 5.07. The Morgan fingerprint density at radius 3 is 2.19 bits per heavy atom. The lowest BCUT2D eigenvalue weighted by atomic mass is 10.0. The molecule has 0 amide bonds. The van der Waals surface area contributed by atoms with E-state index >= 15 is 0 Å². The molecule has 0 aromatic heterocycles. The molecule has 0 spiro atoms. The van der Waals surface area contributed by atoms with E-state index < -0.39 is 0 Å². The van der Waals surface area contributed by atoms with Crippen LogP contribution in [-0.2, 0) is 12.8 Å². The van der Waals surface area contributed by atoms with Crippen LogP contribution in [0, 0.1) is 6.92 Å². The quantitative estimate of drug-likeness (QED) is 0.559. The van der Waals surface area contributed by atoms with E-state index in [-0.39, 0.29) is 0 Å². The van der Waals surface area contributed by atoms with Gasteiger partial charge in [-0.15, -0.1) is 0 Å². The first-order valence-corrected chi connectivity index (χ1v) is 9.26. The van der Waals surface area contributed by atoms with Gasteiger partial charge < -0.3 is 4.74 Å². The molecule has 3 nitrogen and oxygen atoms in total. The highest BCUT2D eigenvalue weighted by molar-refractivity contribution is 6.06. The largest absolute Gasteiger partial charge is 0.457 e. The van der Waals surface area contributed by atoms with Crippen molar-refractivity contribution in [2.75, 3.05) is 0 Å². The molecule has 3 aromatic carbocycles. The minimum absolute atomic E-state index is 0.807. The summed E-state index contributed by atoms with van der Waals surface area (Å²) >= 11 is 0. The van der Waals surface area contributed by atoms with E-state index in [1.807, 2.05) is 24.3 Å². The molecule has 0 atom stereocenters. The zero-order valence-corrected chi connectivity index (χ0v) is 15.5. The Morgan fingerprint density at radius 1 is 0.741 bits per heavy atom. The fraction of sp³-hybridized carbons (Fsp3) is 0.167. The van der Waals surface area contributed by atoms with Crippen LogP contribution in [0.5, 0.6) is 11.5 Å². The Kier molecular flexibility index (Phi) is 3.68. The van der Waals surface area contributed by atoms with Crippen LogP contribution >= 0.6 is 0 Å². The number of rotatable bonds is 3. The minimum Gasteiger partial charge on any atom is -0.457 e. The van der Waals surface area contributed by atoms with Crippen molar-refractivity contribution in [3.8, 4) is 11.5 Å². The molecule has 2 heterocycles. The third kappa shape index (κ3) is 3.06. The average molecular weight is 352 g/mol. The Morgan fingerprint density at radius 2 is 1.44 bits per heavy atom. The van der Waals surface area contributed by atoms with E-state index in [1.54, 1.807) is 0 Å². The van der Waals surface area contributed by atoms with Crippen molar-refractivity contribution >= 4 is 22.8 Å². The zero-order valence-electron chi connectivity index (χ0n) is 15.5. The number of ether oxygens (including phenoxy) is 1. The molecule has 0 bridgehead atoms. The molecule has 0 radical (unpaired) electrons. The lowest BCUT2D eigenvalue weighted by Crippen LogP contribution is -2.00. The molecule has 0 saturated carbocycles. The lowest BCUT2D eigenvalue weighted by Gasteiger charge is -2.08. The molecule has 2 aliphatic rings. The lowest BCUT2D eigenvalue weighted by molar-refractivity contribution is 0.483. The highest BCUT2D eigenvalue weighted by atomic mass is 16.5. The van der Waals surface area contributed by atoms with Gasteiger partial charge in [0.2, 0.25) is 0 Å². The van der Waals surface area contributed by atoms with Gasteiger partial charge in [0, 0.05) is 30.7 Å². The van der Waals surface area contributed by atoms with E-state index in [4.69, 9.17) is 9.73 Å². The molecule has 0 N–H and O–H groups in total. The van der Waals surface area contributed by atoms with Gasteiger partial charge >= 0.3 is 0 Å². The first-order valence-electron chi connectivity index (χ1n) is 9.26. The van der Waals surface area contributed by atoms with Crippen LogP contribution in [0.4, 0.5) is 11.4 Å². The Labute approximate surface area is 159 Å². The van der Waals surface area contributed by atoms with Gasteiger partial charge in [-0.1, -0.05) is 42.0 Å². The average Bonchev–Trinajstić information content (AvgIpc) is 3.23. The number of fused-ring (bicyclic) bond motifs is 2. The molecular formula is C24H20N2O. The van der Waals surface area contributed by atoms with Gasteiger partial charge in [-0.2, -0.15) is 0 Å². The topological polar surface area (TPSA) is 34.0 Å². The van der Waals surface area contributed by atoms with Crippen molar-refractivity contribution in [2.24, 2.45) is 9.98 Å². The SMILES string of the molecule is CC1=Nc2cc(Oc3ccc4c(c3)N=C(c3cccc(C)c3)C4)ccc2C1. The summed E-state index contributed by atoms with van der Waals surface area (Å²) < 4.78 is 6.09. The number of nitrogens with zero attached hydrogens (tertiary/aromatic N) is 2. The maximum absolute atomic E-state index is 6.09.